The Morgan fingerprint density at radius 1 is 1.53 bits per heavy atom. The van der Waals surface area contributed by atoms with Crippen molar-refractivity contribution in [2.75, 3.05) is 20.6 Å². The van der Waals surface area contributed by atoms with E-state index in [0.717, 1.165) is 5.57 Å². The highest BCUT2D eigenvalue weighted by atomic mass is 79.9. The Bertz CT molecular complexity index is 437. The van der Waals surface area contributed by atoms with Crippen molar-refractivity contribution in [1.82, 2.24) is 10.2 Å². The number of hydrogen-bond donors (Lipinski definition) is 2. The summed E-state index contributed by atoms with van der Waals surface area (Å²) in [6.45, 7) is 7.57. The summed E-state index contributed by atoms with van der Waals surface area (Å²) >= 11 is 2.83. The van der Waals surface area contributed by atoms with Gasteiger partial charge in [0.05, 0.1) is 4.92 Å². The van der Waals surface area contributed by atoms with Gasteiger partial charge in [-0.2, -0.15) is 0 Å². The van der Waals surface area contributed by atoms with Crippen molar-refractivity contribution in [1.29, 1.82) is 5.41 Å². The molecule has 0 saturated carbocycles. The SMILES string of the molecule is C=C/C=C(\C=C)CN/C(=C(\C(=N)Br)[N+](=O)[O-])N(C)C. The van der Waals surface area contributed by atoms with Crippen LogP contribution >= 0.6 is 15.9 Å². The van der Waals surface area contributed by atoms with Crippen molar-refractivity contribution in [3.8, 4) is 0 Å². The molecule has 0 radical (unpaired) electrons. The number of nitro groups is 1. The van der Waals surface area contributed by atoms with Crippen LogP contribution < -0.4 is 5.32 Å². The number of hydrogen-bond acceptors (Lipinski definition) is 5. The normalized spacial score (nSPS) is 12.3. The highest BCUT2D eigenvalue weighted by Crippen LogP contribution is 2.11. The van der Waals surface area contributed by atoms with Crippen LogP contribution in [-0.2, 0) is 0 Å². The lowest BCUT2D eigenvalue weighted by Crippen LogP contribution is -2.31. The standard InChI is InChI=1S/C12H17BrN4O2/c1-5-7-9(6-2)8-15-12(16(3)4)10(11(13)14)17(18)19/h5-7,14-15H,1-2,8H2,3-4H3/b9-7+,12-10-,14-11?. The molecule has 0 amide bonds. The molecule has 0 aromatic carbocycles. The number of halogens is 1. The molecule has 19 heavy (non-hydrogen) atoms. The van der Waals surface area contributed by atoms with E-state index in [1.165, 1.54) is 0 Å². The van der Waals surface area contributed by atoms with Crippen molar-refractivity contribution >= 4 is 20.6 Å². The average molecular weight is 329 g/mol. The lowest BCUT2D eigenvalue weighted by atomic mass is 10.2. The van der Waals surface area contributed by atoms with Crippen LogP contribution in [0.2, 0.25) is 0 Å². The fraction of sp³-hybridized carbons (Fsp3) is 0.250. The van der Waals surface area contributed by atoms with Gasteiger partial charge >= 0.3 is 5.70 Å². The molecule has 0 aromatic rings. The van der Waals surface area contributed by atoms with Crippen LogP contribution in [0.1, 0.15) is 0 Å². The quantitative estimate of drug-likeness (QED) is 0.310. The molecule has 0 aliphatic carbocycles. The number of allylic oxidation sites excluding steroid dienone is 3. The molecule has 0 fully saturated rings. The Hall–Kier alpha value is -1.89. The minimum atomic E-state index is -0.607. The predicted molar refractivity (Wildman–Crippen MR) is 80.8 cm³/mol. The van der Waals surface area contributed by atoms with E-state index in [-0.39, 0.29) is 16.1 Å². The zero-order chi connectivity index (χ0) is 15.0. The Morgan fingerprint density at radius 3 is 2.42 bits per heavy atom. The van der Waals surface area contributed by atoms with Crippen LogP contribution in [0.3, 0.4) is 0 Å². The van der Waals surface area contributed by atoms with Gasteiger partial charge in [0.2, 0.25) is 0 Å². The van der Waals surface area contributed by atoms with Crippen molar-refractivity contribution in [2.45, 2.75) is 0 Å². The van der Waals surface area contributed by atoms with Gasteiger partial charge in [-0.3, -0.25) is 15.5 Å². The van der Waals surface area contributed by atoms with Crippen LogP contribution in [-0.4, -0.2) is 35.1 Å². The fourth-order valence-electron chi connectivity index (χ4n) is 1.26. The molecule has 7 heteroatoms. The van der Waals surface area contributed by atoms with Crippen LogP contribution in [0.5, 0.6) is 0 Å². The minimum absolute atomic E-state index is 0.240. The zero-order valence-electron chi connectivity index (χ0n) is 10.9. The first-order valence-electron chi connectivity index (χ1n) is 5.33. The van der Waals surface area contributed by atoms with Gasteiger partial charge in [-0.25, -0.2) is 0 Å². The van der Waals surface area contributed by atoms with Crippen LogP contribution in [0.15, 0.2) is 48.5 Å². The van der Waals surface area contributed by atoms with Gasteiger partial charge in [0.15, 0.2) is 10.4 Å². The first-order chi connectivity index (χ1) is 8.84. The second kappa shape index (κ2) is 8.25. The molecule has 0 rings (SSSR count). The van der Waals surface area contributed by atoms with E-state index in [0.29, 0.717) is 6.54 Å². The van der Waals surface area contributed by atoms with E-state index in [2.05, 4.69) is 34.4 Å². The molecule has 0 saturated heterocycles. The van der Waals surface area contributed by atoms with Gasteiger partial charge in [-0.05, 0) is 21.5 Å². The van der Waals surface area contributed by atoms with Crippen molar-refractivity contribution in [3.05, 3.63) is 58.6 Å². The first-order valence-corrected chi connectivity index (χ1v) is 6.12. The van der Waals surface area contributed by atoms with Gasteiger partial charge in [-0.15, -0.1) is 0 Å². The lowest BCUT2D eigenvalue weighted by molar-refractivity contribution is -0.417. The lowest BCUT2D eigenvalue weighted by Gasteiger charge is -2.19. The third kappa shape index (κ3) is 5.52. The fourth-order valence-corrected chi connectivity index (χ4v) is 1.59. The Balaban J connectivity index is 5.34. The minimum Gasteiger partial charge on any atom is -0.362 e. The number of nitrogens with zero attached hydrogens (tertiary/aromatic N) is 2. The van der Waals surface area contributed by atoms with Crippen LogP contribution in [0.4, 0.5) is 0 Å². The van der Waals surface area contributed by atoms with Crippen LogP contribution in [0.25, 0.3) is 0 Å². The Labute approximate surface area is 121 Å². The predicted octanol–water partition coefficient (Wildman–Crippen LogP) is 2.25. The maximum absolute atomic E-state index is 11.0. The summed E-state index contributed by atoms with van der Waals surface area (Å²) in [5.41, 5.74) is 0.505. The topological polar surface area (TPSA) is 82.3 Å². The van der Waals surface area contributed by atoms with Gasteiger partial charge in [0.25, 0.3) is 0 Å². The summed E-state index contributed by atoms with van der Waals surface area (Å²) in [5.74, 6) is 0.240. The Morgan fingerprint density at radius 2 is 2.11 bits per heavy atom. The van der Waals surface area contributed by atoms with E-state index in [9.17, 15) is 10.1 Å². The molecule has 0 heterocycles. The maximum atomic E-state index is 11.0. The smallest absolute Gasteiger partial charge is 0.340 e. The second-order valence-corrected chi connectivity index (χ2v) is 4.49. The largest absolute Gasteiger partial charge is 0.362 e. The van der Waals surface area contributed by atoms with E-state index >= 15 is 0 Å². The zero-order valence-corrected chi connectivity index (χ0v) is 12.5. The summed E-state index contributed by atoms with van der Waals surface area (Å²) in [5, 5.41) is 21.3. The monoisotopic (exact) mass is 328 g/mol. The van der Waals surface area contributed by atoms with E-state index < -0.39 is 4.92 Å². The molecule has 104 valence electrons. The molecule has 0 spiro atoms. The molecule has 0 aliphatic rings. The average Bonchev–Trinajstić information content (AvgIpc) is 2.30. The molecule has 0 bridgehead atoms. The third-order valence-electron chi connectivity index (χ3n) is 2.12. The molecule has 2 N–H and O–H groups in total. The maximum Gasteiger partial charge on any atom is 0.340 e. The molecular formula is C12H17BrN4O2. The van der Waals surface area contributed by atoms with Gasteiger partial charge in [0.1, 0.15) is 0 Å². The van der Waals surface area contributed by atoms with E-state index in [1.54, 1.807) is 37.2 Å². The van der Waals surface area contributed by atoms with Gasteiger partial charge < -0.3 is 10.2 Å². The molecule has 6 nitrogen and oxygen atoms in total. The summed E-state index contributed by atoms with van der Waals surface area (Å²) in [4.78, 5) is 11.9. The summed E-state index contributed by atoms with van der Waals surface area (Å²) in [6.07, 6.45) is 4.99. The molecular weight excluding hydrogens is 312 g/mol. The van der Waals surface area contributed by atoms with Gasteiger partial charge in [0, 0.05) is 20.6 Å². The first kappa shape index (κ1) is 17.1. The number of rotatable bonds is 8. The highest BCUT2D eigenvalue weighted by Gasteiger charge is 2.24. The van der Waals surface area contributed by atoms with Crippen LogP contribution in [0, 0.1) is 15.5 Å². The second-order valence-electron chi connectivity index (χ2n) is 3.70. The molecule has 0 aliphatic heterocycles. The summed E-state index contributed by atoms with van der Waals surface area (Å²) < 4.78 is -0.290. The van der Waals surface area contributed by atoms with Crippen molar-refractivity contribution in [2.24, 2.45) is 0 Å². The number of nitrogens with one attached hydrogen (secondary N) is 2. The van der Waals surface area contributed by atoms with Crippen molar-refractivity contribution in [3.63, 3.8) is 0 Å². The summed E-state index contributed by atoms with van der Waals surface area (Å²) in [7, 11) is 3.32. The summed E-state index contributed by atoms with van der Waals surface area (Å²) in [6, 6.07) is 0. The molecule has 0 atom stereocenters. The van der Waals surface area contributed by atoms with E-state index in [1.807, 2.05) is 0 Å². The third-order valence-corrected chi connectivity index (χ3v) is 2.49. The highest BCUT2D eigenvalue weighted by molar-refractivity contribution is 9.18. The van der Waals surface area contributed by atoms with Crippen molar-refractivity contribution < 1.29 is 4.92 Å². The Kier molecular flexibility index (Phi) is 7.43. The van der Waals surface area contributed by atoms with E-state index in [4.69, 9.17) is 5.41 Å². The molecule has 0 aromatic heterocycles. The van der Waals surface area contributed by atoms with Gasteiger partial charge in [-0.1, -0.05) is 31.4 Å². The molecule has 0 unspecified atom stereocenters.